The molecule has 0 saturated carbocycles. The zero-order valence-corrected chi connectivity index (χ0v) is 14.8. The predicted molar refractivity (Wildman–Crippen MR) is 94.5 cm³/mol. The smallest absolute Gasteiger partial charge is 0.270 e. The number of hydrogen-bond acceptors (Lipinski definition) is 4. The van der Waals surface area contributed by atoms with E-state index in [9.17, 15) is 4.79 Å². The van der Waals surface area contributed by atoms with E-state index in [1.807, 2.05) is 17.9 Å². The minimum atomic E-state index is -0.106. The molecule has 25 heavy (non-hydrogen) atoms. The second kappa shape index (κ2) is 6.02. The summed E-state index contributed by atoms with van der Waals surface area (Å²) in [4.78, 5) is 22.7. The number of nitrogens with one attached hydrogen (secondary N) is 1. The number of likely N-dealkylation sites (tertiary alicyclic amines) is 1. The van der Waals surface area contributed by atoms with Crippen molar-refractivity contribution in [2.75, 3.05) is 6.54 Å². The molecule has 1 atom stereocenters. The van der Waals surface area contributed by atoms with Gasteiger partial charge in [-0.05, 0) is 49.9 Å². The summed E-state index contributed by atoms with van der Waals surface area (Å²) in [6, 6.07) is 6.06. The molecule has 6 nitrogen and oxygen atoms in total. The molecule has 3 aromatic rings. The Hall–Kier alpha value is -2.63. The topological polar surface area (TPSA) is 75.0 Å². The Labute approximate surface area is 146 Å². The van der Waals surface area contributed by atoms with Crippen LogP contribution in [0.2, 0.25) is 0 Å². The van der Waals surface area contributed by atoms with Crippen LogP contribution in [0.1, 0.15) is 59.1 Å². The second-order valence-corrected chi connectivity index (χ2v) is 6.78. The Morgan fingerprint density at radius 1 is 1.36 bits per heavy atom. The Bertz CT molecular complexity index is 940. The van der Waals surface area contributed by atoms with Gasteiger partial charge in [0.1, 0.15) is 5.69 Å². The van der Waals surface area contributed by atoms with Crippen molar-refractivity contribution in [1.82, 2.24) is 20.0 Å². The lowest BCUT2D eigenvalue weighted by Gasteiger charge is -2.21. The van der Waals surface area contributed by atoms with Gasteiger partial charge < -0.3 is 14.4 Å². The Kier molecular flexibility index (Phi) is 3.82. The third-order valence-electron chi connectivity index (χ3n) is 4.92. The number of benzene rings is 1. The average molecular weight is 338 g/mol. The number of carbonyl (C=O) groups is 1. The van der Waals surface area contributed by atoms with Gasteiger partial charge in [-0.15, -0.1) is 0 Å². The van der Waals surface area contributed by atoms with Gasteiger partial charge in [-0.25, -0.2) is 0 Å². The molecule has 1 aliphatic heterocycles. The summed E-state index contributed by atoms with van der Waals surface area (Å²) in [5.74, 6) is 1.23. The van der Waals surface area contributed by atoms with Crippen LogP contribution >= 0.6 is 0 Å². The zero-order chi connectivity index (χ0) is 17.6. The molecule has 0 bridgehead atoms. The first-order valence-electron chi connectivity index (χ1n) is 8.80. The third-order valence-corrected chi connectivity index (χ3v) is 4.92. The number of hydrogen-bond donors (Lipinski definition) is 1. The zero-order valence-electron chi connectivity index (χ0n) is 14.8. The predicted octanol–water partition coefficient (Wildman–Crippen LogP) is 3.71. The molecule has 1 N–H and O–H groups in total. The first-order chi connectivity index (χ1) is 12.1. The highest BCUT2D eigenvalue weighted by molar-refractivity contribution is 5.99. The summed E-state index contributed by atoms with van der Waals surface area (Å²) in [6.45, 7) is 6.82. The summed E-state index contributed by atoms with van der Waals surface area (Å²) in [7, 11) is 0. The number of carbonyl (C=O) groups excluding carboxylic acids is 1. The van der Waals surface area contributed by atoms with Crippen molar-refractivity contribution < 1.29 is 9.32 Å². The summed E-state index contributed by atoms with van der Waals surface area (Å²) in [5, 5.41) is 5.17. The highest BCUT2D eigenvalue weighted by Crippen LogP contribution is 2.32. The van der Waals surface area contributed by atoms with Gasteiger partial charge in [-0.1, -0.05) is 18.1 Å². The van der Waals surface area contributed by atoms with Gasteiger partial charge in [-0.2, -0.15) is 4.98 Å². The van der Waals surface area contributed by atoms with E-state index in [0.29, 0.717) is 30.4 Å². The molecule has 1 aromatic carbocycles. The monoisotopic (exact) mass is 338 g/mol. The maximum absolute atomic E-state index is 13.1. The molecule has 0 spiro atoms. The number of nitrogens with zero attached hydrogens (tertiary/aromatic N) is 3. The summed E-state index contributed by atoms with van der Waals surface area (Å²) in [5.41, 5.74) is 3.98. The molecule has 1 unspecified atom stereocenters. The molecular weight excluding hydrogens is 316 g/mol. The van der Waals surface area contributed by atoms with E-state index in [1.165, 1.54) is 11.1 Å². The normalized spacial score (nSPS) is 17.6. The van der Waals surface area contributed by atoms with Crippen LogP contribution in [0, 0.1) is 13.8 Å². The maximum Gasteiger partial charge on any atom is 0.270 e. The van der Waals surface area contributed by atoms with Gasteiger partial charge in [0.2, 0.25) is 5.89 Å². The molecule has 4 rings (SSSR count). The van der Waals surface area contributed by atoms with E-state index >= 15 is 0 Å². The largest absolute Gasteiger partial charge is 0.351 e. The van der Waals surface area contributed by atoms with Crippen LogP contribution in [0.4, 0.5) is 0 Å². The Morgan fingerprint density at radius 2 is 2.20 bits per heavy atom. The van der Waals surface area contributed by atoms with Crippen LogP contribution in [-0.2, 0) is 6.42 Å². The second-order valence-electron chi connectivity index (χ2n) is 6.78. The molecule has 1 saturated heterocycles. The number of aromatic amines is 1. The van der Waals surface area contributed by atoms with Gasteiger partial charge in [0.15, 0.2) is 5.82 Å². The van der Waals surface area contributed by atoms with E-state index in [0.717, 1.165) is 23.7 Å². The number of H-pyrrole nitrogens is 1. The SMILES string of the molecule is CCc1nc(C2CCCN2C(=O)c2cc3c(C)cc(C)cc3[nH]2)no1. The van der Waals surface area contributed by atoms with E-state index < -0.39 is 0 Å². The van der Waals surface area contributed by atoms with Gasteiger partial charge in [0.25, 0.3) is 5.91 Å². The van der Waals surface area contributed by atoms with Gasteiger partial charge in [0.05, 0.1) is 6.04 Å². The lowest BCUT2D eigenvalue weighted by atomic mass is 10.1. The molecule has 2 aromatic heterocycles. The molecule has 0 radical (unpaired) electrons. The molecule has 3 heterocycles. The Balaban J connectivity index is 1.66. The van der Waals surface area contributed by atoms with Gasteiger partial charge in [-0.3, -0.25) is 4.79 Å². The van der Waals surface area contributed by atoms with Crippen LogP contribution in [0.5, 0.6) is 0 Å². The average Bonchev–Trinajstić information content (AvgIpc) is 3.31. The van der Waals surface area contributed by atoms with Crippen molar-refractivity contribution in [3.63, 3.8) is 0 Å². The fourth-order valence-electron chi connectivity index (χ4n) is 3.69. The first-order valence-corrected chi connectivity index (χ1v) is 8.80. The van der Waals surface area contributed by atoms with Crippen molar-refractivity contribution in [3.05, 3.63) is 46.7 Å². The van der Waals surface area contributed by atoms with Crippen molar-refractivity contribution in [2.45, 2.75) is 46.1 Å². The van der Waals surface area contributed by atoms with Crippen molar-refractivity contribution >= 4 is 16.8 Å². The van der Waals surface area contributed by atoms with E-state index in [-0.39, 0.29) is 11.9 Å². The highest BCUT2D eigenvalue weighted by atomic mass is 16.5. The molecular formula is C19H22N4O2. The van der Waals surface area contributed by atoms with Crippen LogP contribution in [0.15, 0.2) is 22.7 Å². The number of aromatic nitrogens is 3. The fraction of sp³-hybridized carbons (Fsp3) is 0.421. The summed E-state index contributed by atoms with van der Waals surface area (Å²) >= 11 is 0. The lowest BCUT2D eigenvalue weighted by Crippen LogP contribution is -2.31. The Morgan fingerprint density at radius 3 is 2.96 bits per heavy atom. The highest BCUT2D eigenvalue weighted by Gasteiger charge is 2.34. The fourth-order valence-corrected chi connectivity index (χ4v) is 3.69. The quantitative estimate of drug-likeness (QED) is 0.790. The van der Waals surface area contributed by atoms with Crippen LogP contribution in [0.3, 0.4) is 0 Å². The minimum absolute atomic E-state index is 0.00129. The van der Waals surface area contributed by atoms with Crippen molar-refractivity contribution in [3.8, 4) is 0 Å². The van der Waals surface area contributed by atoms with Gasteiger partial charge in [0, 0.05) is 23.9 Å². The first kappa shape index (κ1) is 15.9. The molecule has 0 aliphatic carbocycles. The van der Waals surface area contributed by atoms with E-state index in [2.05, 4.69) is 41.1 Å². The maximum atomic E-state index is 13.1. The van der Waals surface area contributed by atoms with E-state index in [1.54, 1.807) is 0 Å². The molecule has 1 amide bonds. The molecule has 130 valence electrons. The third kappa shape index (κ3) is 2.71. The lowest BCUT2D eigenvalue weighted by molar-refractivity contribution is 0.0723. The van der Waals surface area contributed by atoms with Crippen molar-refractivity contribution in [1.29, 1.82) is 0 Å². The van der Waals surface area contributed by atoms with E-state index in [4.69, 9.17) is 4.52 Å². The number of rotatable bonds is 3. The summed E-state index contributed by atoms with van der Waals surface area (Å²) < 4.78 is 5.23. The van der Waals surface area contributed by atoms with Crippen LogP contribution < -0.4 is 0 Å². The molecule has 1 aliphatic rings. The summed E-state index contributed by atoms with van der Waals surface area (Å²) in [6.07, 6.45) is 2.52. The number of amides is 1. The van der Waals surface area contributed by atoms with Crippen LogP contribution in [0.25, 0.3) is 10.9 Å². The number of aryl methyl sites for hydroxylation is 3. The molecule has 1 fully saturated rings. The molecule has 6 heteroatoms. The van der Waals surface area contributed by atoms with Crippen molar-refractivity contribution in [2.24, 2.45) is 0 Å². The number of fused-ring (bicyclic) bond motifs is 1. The standard InChI is InChI=1S/C19H22N4O2/c1-4-17-21-18(22-25-17)16-6-5-7-23(16)19(24)15-10-13-12(3)8-11(2)9-14(13)20-15/h8-10,16,20H,4-7H2,1-3H3. The van der Waals surface area contributed by atoms with Gasteiger partial charge >= 0.3 is 0 Å². The van der Waals surface area contributed by atoms with Crippen LogP contribution in [-0.4, -0.2) is 32.5 Å². The minimum Gasteiger partial charge on any atom is -0.351 e.